The molecule has 1 N–H and O–H groups in total. The summed E-state index contributed by atoms with van der Waals surface area (Å²) in [6.07, 6.45) is -4.49. The summed E-state index contributed by atoms with van der Waals surface area (Å²) in [6.45, 7) is 3.58. The van der Waals surface area contributed by atoms with Gasteiger partial charge in [0.05, 0.1) is 11.3 Å². The number of ether oxygens (including phenoxy) is 1. The molecule has 8 heteroatoms. The average Bonchev–Trinajstić information content (AvgIpc) is 2.64. The molecule has 146 valence electrons. The van der Waals surface area contributed by atoms with E-state index in [1.807, 2.05) is 31.2 Å². The molecule has 0 aliphatic rings. The molecule has 0 aliphatic carbocycles. The third kappa shape index (κ3) is 4.95. The SMILES string of the molecule is Cc1ccc(CSc2nc(C)c(Oc3cccc(C(F)(F)F)c3)c(=O)[nH]2)cc1. The average molecular weight is 406 g/mol. The Kier molecular flexibility index (Phi) is 5.79. The smallest absolute Gasteiger partial charge is 0.416 e. The number of aromatic amines is 1. The lowest BCUT2D eigenvalue weighted by molar-refractivity contribution is -0.137. The van der Waals surface area contributed by atoms with Crippen molar-refractivity contribution < 1.29 is 17.9 Å². The van der Waals surface area contributed by atoms with E-state index in [9.17, 15) is 18.0 Å². The molecular weight excluding hydrogens is 389 g/mol. The number of H-pyrrole nitrogens is 1. The molecule has 4 nitrogen and oxygen atoms in total. The Morgan fingerprint density at radius 3 is 2.46 bits per heavy atom. The Bertz CT molecular complexity index is 1030. The zero-order chi connectivity index (χ0) is 20.3. The maximum Gasteiger partial charge on any atom is 0.416 e. The van der Waals surface area contributed by atoms with E-state index in [0.29, 0.717) is 16.6 Å². The molecule has 0 radical (unpaired) electrons. The van der Waals surface area contributed by atoms with E-state index in [0.717, 1.165) is 23.3 Å². The summed E-state index contributed by atoms with van der Waals surface area (Å²) >= 11 is 1.36. The van der Waals surface area contributed by atoms with E-state index in [-0.39, 0.29) is 11.5 Å². The summed E-state index contributed by atoms with van der Waals surface area (Å²) in [4.78, 5) is 19.3. The summed E-state index contributed by atoms with van der Waals surface area (Å²) in [5.41, 5.74) is 1.15. The lowest BCUT2D eigenvalue weighted by Crippen LogP contribution is -2.13. The van der Waals surface area contributed by atoms with Crippen LogP contribution in [0.25, 0.3) is 0 Å². The van der Waals surface area contributed by atoms with Gasteiger partial charge in [-0.25, -0.2) is 4.98 Å². The van der Waals surface area contributed by atoms with E-state index in [2.05, 4.69) is 9.97 Å². The van der Waals surface area contributed by atoms with Gasteiger partial charge in [-0.1, -0.05) is 47.7 Å². The van der Waals surface area contributed by atoms with Crippen LogP contribution < -0.4 is 10.3 Å². The molecule has 3 aromatic rings. The zero-order valence-corrected chi connectivity index (χ0v) is 15.9. The number of alkyl halides is 3. The van der Waals surface area contributed by atoms with Crippen molar-refractivity contribution in [3.63, 3.8) is 0 Å². The highest BCUT2D eigenvalue weighted by atomic mass is 32.2. The van der Waals surface area contributed by atoms with Crippen molar-refractivity contribution in [1.29, 1.82) is 0 Å². The summed E-state index contributed by atoms with van der Waals surface area (Å²) in [5, 5.41) is 0.416. The van der Waals surface area contributed by atoms with Crippen LogP contribution in [0.2, 0.25) is 0 Å². The van der Waals surface area contributed by atoms with Gasteiger partial charge in [-0.3, -0.25) is 9.78 Å². The summed E-state index contributed by atoms with van der Waals surface area (Å²) in [6, 6.07) is 12.4. The molecule has 0 unspecified atom stereocenters. The maximum absolute atomic E-state index is 12.8. The molecule has 2 aromatic carbocycles. The second kappa shape index (κ2) is 8.10. The summed E-state index contributed by atoms with van der Waals surface area (Å²) < 4.78 is 43.9. The number of thioether (sulfide) groups is 1. The van der Waals surface area contributed by atoms with Crippen LogP contribution in [0.3, 0.4) is 0 Å². The van der Waals surface area contributed by atoms with E-state index in [4.69, 9.17) is 4.74 Å². The summed E-state index contributed by atoms with van der Waals surface area (Å²) in [5.74, 6) is 0.417. The maximum atomic E-state index is 12.8. The van der Waals surface area contributed by atoms with Gasteiger partial charge in [-0.05, 0) is 37.6 Å². The Morgan fingerprint density at radius 2 is 1.82 bits per heavy atom. The molecule has 0 aliphatic heterocycles. The highest BCUT2D eigenvalue weighted by Gasteiger charge is 2.30. The standard InChI is InChI=1S/C20H17F3N2O2S/c1-12-6-8-14(9-7-12)11-28-19-24-13(2)17(18(26)25-19)27-16-5-3-4-15(10-16)20(21,22)23/h3-10H,11H2,1-2H3,(H,24,25,26). The third-order valence-corrected chi connectivity index (χ3v) is 4.85. The number of benzene rings is 2. The Balaban J connectivity index is 1.77. The number of hydrogen-bond acceptors (Lipinski definition) is 4. The van der Waals surface area contributed by atoms with Gasteiger partial charge in [0.15, 0.2) is 5.16 Å². The highest BCUT2D eigenvalue weighted by Crippen LogP contribution is 2.32. The van der Waals surface area contributed by atoms with Crippen LogP contribution >= 0.6 is 11.8 Å². The van der Waals surface area contributed by atoms with Gasteiger partial charge < -0.3 is 4.74 Å². The Hall–Kier alpha value is -2.74. The molecule has 0 atom stereocenters. The van der Waals surface area contributed by atoms with Crippen molar-refractivity contribution in [2.45, 2.75) is 30.9 Å². The van der Waals surface area contributed by atoms with E-state index < -0.39 is 17.3 Å². The molecule has 28 heavy (non-hydrogen) atoms. The van der Waals surface area contributed by atoms with Crippen LogP contribution in [-0.2, 0) is 11.9 Å². The molecule has 0 fully saturated rings. The van der Waals surface area contributed by atoms with Gasteiger partial charge in [0.1, 0.15) is 5.75 Å². The minimum Gasteiger partial charge on any atom is -0.450 e. The van der Waals surface area contributed by atoms with Gasteiger partial charge in [0, 0.05) is 5.75 Å². The molecule has 0 bridgehead atoms. The molecule has 0 saturated heterocycles. The quantitative estimate of drug-likeness (QED) is 0.450. The normalized spacial score (nSPS) is 11.5. The lowest BCUT2D eigenvalue weighted by Gasteiger charge is -2.11. The largest absolute Gasteiger partial charge is 0.450 e. The van der Waals surface area contributed by atoms with Crippen molar-refractivity contribution in [3.8, 4) is 11.5 Å². The van der Waals surface area contributed by atoms with Crippen LogP contribution in [-0.4, -0.2) is 9.97 Å². The fourth-order valence-electron chi connectivity index (χ4n) is 2.43. The van der Waals surface area contributed by atoms with Crippen molar-refractivity contribution in [2.75, 3.05) is 0 Å². The lowest BCUT2D eigenvalue weighted by atomic mass is 10.2. The molecule has 0 spiro atoms. The fraction of sp³-hybridized carbons (Fsp3) is 0.200. The van der Waals surface area contributed by atoms with Crippen molar-refractivity contribution in [3.05, 3.63) is 81.3 Å². The zero-order valence-electron chi connectivity index (χ0n) is 15.1. The fourth-order valence-corrected chi connectivity index (χ4v) is 3.29. The first-order valence-electron chi connectivity index (χ1n) is 8.37. The van der Waals surface area contributed by atoms with Crippen LogP contribution in [0, 0.1) is 13.8 Å². The third-order valence-electron chi connectivity index (χ3n) is 3.90. The molecular formula is C20H17F3N2O2S. The van der Waals surface area contributed by atoms with Gasteiger partial charge >= 0.3 is 6.18 Å². The van der Waals surface area contributed by atoms with Gasteiger partial charge in [-0.2, -0.15) is 13.2 Å². The van der Waals surface area contributed by atoms with Crippen LogP contribution in [0.4, 0.5) is 13.2 Å². The second-order valence-corrected chi connectivity index (χ2v) is 7.15. The first-order valence-corrected chi connectivity index (χ1v) is 9.35. The Morgan fingerprint density at radius 1 is 1.11 bits per heavy atom. The number of aryl methyl sites for hydroxylation is 2. The van der Waals surface area contributed by atoms with Gasteiger partial charge in [-0.15, -0.1) is 0 Å². The van der Waals surface area contributed by atoms with E-state index >= 15 is 0 Å². The monoisotopic (exact) mass is 406 g/mol. The van der Waals surface area contributed by atoms with Crippen molar-refractivity contribution in [2.24, 2.45) is 0 Å². The minimum atomic E-state index is -4.49. The second-order valence-electron chi connectivity index (χ2n) is 6.19. The molecule has 0 amide bonds. The molecule has 0 saturated carbocycles. The predicted octanol–water partition coefficient (Wildman–Crippen LogP) is 5.49. The van der Waals surface area contributed by atoms with Gasteiger partial charge in [0.25, 0.3) is 5.56 Å². The van der Waals surface area contributed by atoms with Crippen LogP contribution in [0.15, 0.2) is 58.5 Å². The highest BCUT2D eigenvalue weighted by molar-refractivity contribution is 7.98. The predicted molar refractivity (Wildman–Crippen MR) is 102 cm³/mol. The molecule has 1 heterocycles. The first kappa shape index (κ1) is 20.0. The van der Waals surface area contributed by atoms with Gasteiger partial charge in [0.2, 0.25) is 5.75 Å². The number of nitrogens with one attached hydrogen (secondary N) is 1. The van der Waals surface area contributed by atoms with Crippen LogP contribution in [0.5, 0.6) is 11.5 Å². The number of nitrogens with zero attached hydrogens (tertiary/aromatic N) is 1. The number of rotatable bonds is 5. The first-order chi connectivity index (χ1) is 13.2. The van der Waals surface area contributed by atoms with Crippen molar-refractivity contribution >= 4 is 11.8 Å². The molecule has 3 rings (SSSR count). The molecule has 1 aromatic heterocycles. The topological polar surface area (TPSA) is 55.0 Å². The van der Waals surface area contributed by atoms with E-state index in [1.165, 1.54) is 23.9 Å². The number of aromatic nitrogens is 2. The van der Waals surface area contributed by atoms with Crippen molar-refractivity contribution in [1.82, 2.24) is 9.97 Å². The van der Waals surface area contributed by atoms with E-state index in [1.54, 1.807) is 6.92 Å². The number of hydrogen-bond donors (Lipinski definition) is 1. The summed E-state index contributed by atoms with van der Waals surface area (Å²) in [7, 11) is 0. The minimum absolute atomic E-state index is 0.0784. The van der Waals surface area contributed by atoms with Crippen LogP contribution in [0.1, 0.15) is 22.4 Å². The number of halogens is 3. The Labute approximate surface area is 163 Å².